The summed E-state index contributed by atoms with van der Waals surface area (Å²) in [4.78, 5) is 23.7. The SMILES string of the molecule is CCCCOc1ccc(C=NNC(=O)CCC(=O)Nc2cccc(Cl)c2)cc1. The van der Waals surface area contributed by atoms with Crippen molar-refractivity contribution in [2.45, 2.75) is 32.6 Å². The summed E-state index contributed by atoms with van der Waals surface area (Å²) >= 11 is 5.86. The highest BCUT2D eigenvalue weighted by molar-refractivity contribution is 6.30. The number of halogens is 1. The molecule has 0 aliphatic carbocycles. The Bertz CT molecular complexity index is 807. The van der Waals surface area contributed by atoms with Gasteiger partial charge in [0, 0.05) is 23.6 Å². The van der Waals surface area contributed by atoms with E-state index in [1.54, 1.807) is 30.5 Å². The average Bonchev–Trinajstić information content (AvgIpc) is 2.68. The van der Waals surface area contributed by atoms with E-state index in [1.807, 2.05) is 24.3 Å². The van der Waals surface area contributed by atoms with E-state index in [-0.39, 0.29) is 24.7 Å². The zero-order valence-corrected chi connectivity index (χ0v) is 16.5. The molecule has 0 saturated heterocycles. The van der Waals surface area contributed by atoms with Crippen LogP contribution in [0.4, 0.5) is 5.69 Å². The maximum absolute atomic E-state index is 11.9. The fourth-order valence-electron chi connectivity index (χ4n) is 2.24. The standard InChI is InChI=1S/C21H24ClN3O3/c1-2-3-13-28-19-9-7-16(8-10-19)15-23-25-21(27)12-11-20(26)24-18-6-4-5-17(22)14-18/h4-10,14-15H,2-3,11-13H2,1H3,(H,24,26)(H,25,27). The highest BCUT2D eigenvalue weighted by Crippen LogP contribution is 2.15. The van der Waals surface area contributed by atoms with Crippen molar-refractivity contribution >= 4 is 35.3 Å². The normalized spacial score (nSPS) is 10.6. The lowest BCUT2D eigenvalue weighted by Gasteiger charge is -2.05. The summed E-state index contributed by atoms with van der Waals surface area (Å²) in [6.07, 6.45) is 3.74. The second-order valence-electron chi connectivity index (χ2n) is 6.12. The van der Waals surface area contributed by atoms with E-state index >= 15 is 0 Å². The third-order valence-corrected chi connectivity index (χ3v) is 3.97. The first-order valence-corrected chi connectivity index (χ1v) is 9.55. The molecule has 0 aliphatic rings. The fourth-order valence-corrected chi connectivity index (χ4v) is 2.43. The first kappa shape index (κ1) is 21.4. The lowest BCUT2D eigenvalue weighted by Crippen LogP contribution is -2.20. The molecule has 0 aromatic heterocycles. The molecule has 2 N–H and O–H groups in total. The topological polar surface area (TPSA) is 79.8 Å². The minimum atomic E-state index is -0.336. The Hall–Kier alpha value is -2.86. The second-order valence-corrected chi connectivity index (χ2v) is 6.56. The zero-order chi connectivity index (χ0) is 20.2. The van der Waals surface area contributed by atoms with Gasteiger partial charge in [0.1, 0.15) is 5.75 Å². The molecule has 7 heteroatoms. The number of hydrogen-bond acceptors (Lipinski definition) is 4. The van der Waals surface area contributed by atoms with Gasteiger partial charge in [-0.3, -0.25) is 9.59 Å². The second kappa shape index (κ2) is 11.8. The van der Waals surface area contributed by atoms with Crippen LogP contribution in [0.1, 0.15) is 38.2 Å². The van der Waals surface area contributed by atoms with E-state index in [2.05, 4.69) is 22.8 Å². The summed E-state index contributed by atoms with van der Waals surface area (Å²) in [6.45, 7) is 2.81. The third kappa shape index (κ3) is 8.22. The van der Waals surface area contributed by atoms with Crippen LogP contribution in [0.3, 0.4) is 0 Å². The van der Waals surface area contributed by atoms with E-state index in [9.17, 15) is 9.59 Å². The Morgan fingerprint density at radius 3 is 2.57 bits per heavy atom. The summed E-state index contributed by atoms with van der Waals surface area (Å²) in [5.41, 5.74) is 3.84. The van der Waals surface area contributed by atoms with Crippen molar-refractivity contribution in [2.24, 2.45) is 5.10 Å². The first-order valence-electron chi connectivity index (χ1n) is 9.17. The van der Waals surface area contributed by atoms with Crippen LogP contribution >= 0.6 is 11.6 Å². The number of carbonyl (C=O) groups excluding carboxylic acids is 2. The van der Waals surface area contributed by atoms with Crippen LogP contribution in [-0.2, 0) is 9.59 Å². The van der Waals surface area contributed by atoms with Gasteiger partial charge in [-0.05, 0) is 54.4 Å². The maximum Gasteiger partial charge on any atom is 0.240 e. The van der Waals surface area contributed by atoms with Crippen molar-refractivity contribution in [3.63, 3.8) is 0 Å². The number of rotatable bonds is 10. The molecule has 2 amide bonds. The van der Waals surface area contributed by atoms with Crippen molar-refractivity contribution in [1.82, 2.24) is 5.43 Å². The molecule has 6 nitrogen and oxygen atoms in total. The quantitative estimate of drug-likeness (QED) is 0.352. The fraction of sp³-hybridized carbons (Fsp3) is 0.286. The first-order chi connectivity index (χ1) is 13.6. The van der Waals surface area contributed by atoms with Gasteiger partial charge in [-0.1, -0.05) is 31.0 Å². The molecular formula is C21H24ClN3O3. The minimum absolute atomic E-state index is 0.0357. The molecule has 0 saturated carbocycles. The van der Waals surface area contributed by atoms with Gasteiger partial charge in [-0.2, -0.15) is 5.10 Å². The predicted octanol–water partition coefficient (Wildman–Crippen LogP) is 4.39. The maximum atomic E-state index is 11.9. The lowest BCUT2D eigenvalue weighted by molar-refractivity contribution is -0.124. The largest absolute Gasteiger partial charge is 0.494 e. The van der Waals surface area contributed by atoms with Gasteiger partial charge in [-0.15, -0.1) is 0 Å². The number of anilines is 1. The van der Waals surface area contributed by atoms with Gasteiger partial charge in [0.2, 0.25) is 11.8 Å². The molecule has 148 valence electrons. The van der Waals surface area contributed by atoms with E-state index in [4.69, 9.17) is 16.3 Å². The van der Waals surface area contributed by atoms with Gasteiger partial charge >= 0.3 is 0 Å². The van der Waals surface area contributed by atoms with Crippen LogP contribution in [0, 0.1) is 0 Å². The number of hydrazone groups is 1. The van der Waals surface area contributed by atoms with Crippen LogP contribution in [-0.4, -0.2) is 24.6 Å². The van der Waals surface area contributed by atoms with Gasteiger partial charge in [-0.25, -0.2) is 5.43 Å². The van der Waals surface area contributed by atoms with E-state index < -0.39 is 0 Å². The van der Waals surface area contributed by atoms with E-state index in [0.717, 1.165) is 24.2 Å². The highest BCUT2D eigenvalue weighted by atomic mass is 35.5. The molecule has 0 unspecified atom stereocenters. The van der Waals surface area contributed by atoms with Crippen molar-refractivity contribution in [3.8, 4) is 5.75 Å². The number of carbonyl (C=O) groups is 2. The van der Waals surface area contributed by atoms with Crippen molar-refractivity contribution in [1.29, 1.82) is 0 Å². The van der Waals surface area contributed by atoms with Gasteiger partial charge in [0.05, 0.1) is 12.8 Å². The number of hydrogen-bond donors (Lipinski definition) is 2. The molecule has 0 atom stereocenters. The Labute approximate surface area is 169 Å². The smallest absolute Gasteiger partial charge is 0.240 e. The Morgan fingerprint density at radius 1 is 1.11 bits per heavy atom. The third-order valence-electron chi connectivity index (χ3n) is 3.74. The Kier molecular flexibility index (Phi) is 9.01. The molecule has 0 radical (unpaired) electrons. The van der Waals surface area contributed by atoms with Gasteiger partial charge in [0.25, 0.3) is 0 Å². The van der Waals surface area contributed by atoms with E-state index in [0.29, 0.717) is 17.3 Å². The summed E-state index contributed by atoms with van der Waals surface area (Å²) in [5.74, 6) is 0.206. The van der Waals surface area contributed by atoms with Crippen LogP contribution in [0.15, 0.2) is 53.6 Å². The molecule has 0 aliphatic heterocycles. The summed E-state index contributed by atoms with van der Waals surface area (Å²) in [7, 11) is 0. The number of nitrogens with zero attached hydrogens (tertiary/aromatic N) is 1. The van der Waals surface area contributed by atoms with Crippen LogP contribution in [0.2, 0.25) is 5.02 Å². The Balaban J connectivity index is 1.69. The van der Waals surface area contributed by atoms with Crippen molar-refractivity contribution in [3.05, 3.63) is 59.1 Å². The van der Waals surface area contributed by atoms with Crippen LogP contribution in [0.25, 0.3) is 0 Å². The van der Waals surface area contributed by atoms with E-state index in [1.165, 1.54) is 0 Å². The molecule has 2 aromatic carbocycles. The van der Waals surface area contributed by atoms with Crippen LogP contribution in [0.5, 0.6) is 5.75 Å². The number of benzene rings is 2. The molecule has 0 heterocycles. The molecule has 0 spiro atoms. The summed E-state index contributed by atoms with van der Waals surface area (Å²) in [6, 6.07) is 14.3. The minimum Gasteiger partial charge on any atom is -0.494 e. The summed E-state index contributed by atoms with van der Waals surface area (Å²) in [5, 5.41) is 7.13. The number of unbranched alkanes of at least 4 members (excludes halogenated alkanes) is 1. The average molecular weight is 402 g/mol. The molecule has 0 fully saturated rings. The molecule has 28 heavy (non-hydrogen) atoms. The lowest BCUT2D eigenvalue weighted by atomic mass is 10.2. The highest BCUT2D eigenvalue weighted by Gasteiger charge is 2.07. The number of nitrogens with one attached hydrogen (secondary N) is 2. The monoisotopic (exact) mass is 401 g/mol. The summed E-state index contributed by atoms with van der Waals surface area (Å²) < 4.78 is 5.59. The van der Waals surface area contributed by atoms with Gasteiger partial charge < -0.3 is 10.1 Å². The Morgan fingerprint density at radius 2 is 1.86 bits per heavy atom. The molecular weight excluding hydrogens is 378 g/mol. The molecule has 0 bridgehead atoms. The molecule has 2 rings (SSSR count). The number of amides is 2. The number of ether oxygens (including phenoxy) is 1. The van der Waals surface area contributed by atoms with Gasteiger partial charge in [0.15, 0.2) is 0 Å². The van der Waals surface area contributed by atoms with Crippen molar-refractivity contribution < 1.29 is 14.3 Å². The predicted molar refractivity (Wildman–Crippen MR) is 112 cm³/mol. The van der Waals surface area contributed by atoms with Crippen LogP contribution < -0.4 is 15.5 Å². The molecule has 2 aromatic rings. The van der Waals surface area contributed by atoms with Crippen molar-refractivity contribution in [2.75, 3.05) is 11.9 Å². The zero-order valence-electron chi connectivity index (χ0n) is 15.8.